The number of halogens is 1. The van der Waals surface area contributed by atoms with Gasteiger partial charge in [0.15, 0.2) is 6.61 Å². The standard InChI is InChI=1S/C20H17ClN2O5/c1-25-17-5-3-2-4-15(17)19-22-18(28-23-19)11-27-20(24)13-8-12-9-14(21)6-7-16(12)26-10-13/h2-7,9,13H,8,10-11H2,1H3/t13-/m0/s1. The number of hydrogen-bond acceptors (Lipinski definition) is 7. The molecule has 2 heterocycles. The molecule has 1 atom stereocenters. The quantitative estimate of drug-likeness (QED) is 0.604. The topological polar surface area (TPSA) is 83.7 Å². The Balaban J connectivity index is 1.39. The second kappa shape index (κ2) is 7.90. The third-order valence-electron chi connectivity index (χ3n) is 4.42. The smallest absolute Gasteiger partial charge is 0.313 e. The van der Waals surface area contributed by atoms with E-state index in [0.29, 0.717) is 28.6 Å². The van der Waals surface area contributed by atoms with Gasteiger partial charge in [-0.3, -0.25) is 4.79 Å². The molecule has 4 rings (SSSR count). The van der Waals surface area contributed by atoms with Crippen LogP contribution in [0.25, 0.3) is 11.4 Å². The van der Waals surface area contributed by atoms with Gasteiger partial charge < -0.3 is 18.7 Å². The molecular formula is C20H17ClN2O5. The highest BCUT2D eigenvalue weighted by Gasteiger charge is 2.28. The van der Waals surface area contributed by atoms with Crippen molar-refractivity contribution in [3.63, 3.8) is 0 Å². The van der Waals surface area contributed by atoms with E-state index in [2.05, 4.69) is 10.1 Å². The maximum absolute atomic E-state index is 12.4. The number of benzene rings is 2. The number of carbonyl (C=O) groups excluding carboxylic acids is 1. The van der Waals surface area contributed by atoms with Crippen LogP contribution in [-0.2, 0) is 22.6 Å². The maximum Gasteiger partial charge on any atom is 0.313 e. The summed E-state index contributed by atoms with van der Waals surface area (Å²) in [6, 6.07) is 12.7. The molecule has 1 aliphatic heterocycles. The van der Waals surface area contributed by atoms with Crippen molar-refractivity contribution in [2.45, 2.75) is 13.0 Å². The zero-order chi connectivity index (χ0) is 19.5. The summed E-state index contributed by atoms with van der Waals surface area (Å²) in [5.74, 6) is 1.14. The number of methoxy groups -OCH3 is 1. The molecule has 0 radical (unpaired) electrons. The zero-order valence-corrected chi connectivity index (χ0v) is 15.8. The van der Waals surface area contributed by atoms with Crippen LogP contribution in [0, 0.1) is 5.92 Å². The van der Waals surface area contributed by atoms with Crippen molar-refractivity contribution in [2.24, 2.45) is 5.92 Å². The van der Waals surface area contributed by atoms with Crippen molar-refractivity contribution in [1.29, 1.82) is 0 Å². The van der Waals surface area contributed by atoms with Gasteiger partial charge >= 0.3 is 5.97 Å². The summed E-state index contributed by atoms with van der Waals surface area (Å²) >= 11 is 6.01. The van der Waals surface area contributed by atoms with E-state index in [1.807, 2.05) is 18.2 Å². The zero-order valence-electron chi connectivity index (χ0n) is 15.1. The van der Waals surface area contributed by atoms with E-state index in [9.17, 15) is 4.79 Å². The molecule has 0 spiro atoms. The van der Waals surface area contributed by atoms with Gasteiger partial charge in [-0.05, 0) is 42.3 Å². The van der Waals surface area contributed by atoms with E-state index < -0.39 is 5.92 Å². The first-order chi connectivity index (χ1) is 13.6. The van der Waals surface area contributed by atoms with Crippen molar-refractivity contribution in [3.8, 4) is 22.9 Å². The van der Waals surface area contributed by atoms with Gasteiger partial charge in [-0.1, -0.05) is 28.9 Å². The number of ether oxygens (including phenoxy) is 3. The van der Waals surface area contributed by atoms with Crippen LogP contribution < -0.4 is 9.47 Å². The number of nitrogens with zero attached hydrogens (tertiary/aromatic N) is 2. The first kappa shape index (κ1) is 18.3. The molecule has 28 heavy (non-hydrogen) atoms. The summed E-state index contributed by atoms with van der Waals surface area (Å²) in [5.41, 5.74) is 1.58. The van der Waals surface area contributed by atoms with E-state index in [0.717, 1.165) is 11.3 Å². The number of hydrogen-bond donors (Lipinski definition) is 0. The van der Waals surface area contributed by atoms with Crippen molar-refractivity contribution in [1.82, 2.24) is 10.1 Å². The van der Waals surface area contributed by atoms with Gasteiger partial charge in [0.2, 0.25) is 5.82 Å². The molecule has 144 valence electrons. The summed E-state index contributed by atoms with van der Waals surface area (Å²) in [6.07, 6.45) is 0.505. The number of fused-ring (bicyclic) bond motifs is 1. The van der Waals surface area contributed by atoms with Gasteiger partial charge in [0.05, 0.1) is 18.6 Å². The molecule has 8 heteroatoms. The average Bonchev–Trinajstić information content (AvgIpc) is 3.20. The Kier molecular flexibility index (Phi) is 5.16. The minimum atomic E-state index is -0.414. The summed E-state index contributed by atoms with van der Waals surface area (Å²) in [7, 11) is 1.57. The Morgan fingerprint density at radius 1 is 1.29 bits per heavy atom. The molecule has 0 amide bonds. The Bertz CT molecular complexity index is 1000. The third kappa shape index (κ3) is 3.80. The molecule has 3 aromatic rings. The van der Waals surface area contributed by atoms with Crippen LogP contribution in [0.15, 0.2) is 47.0 Å². The van der Waals surface area contributed by atoms with Crippen molar-refractivity contribution < 1.29 is 23.5 Å². The second-order valence-corrected chi connectivity index (χ2v) is 6.72. The summed E-state index contributed by atoms with van der Waals surface area (Å²) in [6.45, 7) is 0.143. The molecule has 0 unspecified atom stereocenters. The minimum Gasteiger partial charge on any atom is -0.496 e. The first-order valence-electron chi connectivity index (χ1n) is 8.68. The highest BCUT2D eigenvalue weighted by atomic mass is 35.5. The van der Waals surface area contributed by atoms with Crippen LogP contribution in [0.5, 0.6) is 11.5 Å². The SMILES string of the molecule is COc1ccccc1-c1noc(COC(=O)[C@@H]2COc3ccc(Cl)cc3C2)n1. The van der Waals surface area contributed by atoms with Crippen LogP contribution in [0.2, 0.25) is 5.02 Å². The molecule has 0 aliphatic carbocycles. The Labute approximate surface area is 166 Å². The number of carbonyl (C=O) groups is 1. The van der Waals surface area contributed by atoms with E-state index >= 15 is 0 Å². The van der Waals surface area contributed by atoms with Crippen molar-refractivity contribution in [2.75, 3.05) is 13.7 Å². The summed E-state index contributed by atoms with van der Waals surface area (Å²) < 4.78 is 21.4. The van der Waals surface area contributed by atoms with E-state index in [1.54, 1.807) is 31.4 Å². The summed E-state index contributed by atoms with van der Waals surface area (Å²) in [5, 5.41) is 4.53. The Morgan fingerprint density at radius 3 is 3.00 bits per heavy atom. The van der Waals surface area contributed by atoms with E-state index in [1.165, 1.54) is 0 Å². The normalized spacial score (nSPS) is 15.4. The predicted octanol–water partition coefficient (Wildman–Crippen LogP) is 3.69. The molecule has 7 nitrogen and oxygen atoms in total. The number of para-hydroxylation sites is 1. The lowest BCUT2D eigenvalue weighted by molar-refractivity contribution is -0.152. The van der Waals surface area contributed by atoms with Crippen LogP contribution in [-0.4, -0.2) is 29.8 Å². The fraction of sp³-hybridized carbons (Fsp3) is 0.250. The monoisotopic (exact) mass is 400 g/mol. The fourth-order valence-corrected chi connectivity index (χ4v) is 3.21. The van der Waals surface area contributed by atoms with Crippen LogP contribution in [0.4, 0.5) is 0 Å². The predicted molar refractivity (Wildman–Crippen MR) is 100 cm³/mol. The minimum absolute atomic E-state index is 0.111. The lowest BCUT2D eigenvalue weighted by atomic mass is 9.97. The second-order valence-electron chi connectivity index (χ2n) is 6.28. The van der Waals surface area contributed by atoms with Gasteiger partial charge in [-0.15, -0.1) is 0 Å². The van der Waals surface area contributed by atoms with E-state index in [4.69, 9.17) is 30.3 Å². The van der Waals surface area contributed by atoms with Crippen LogP contribution in [0.3, 0.4) is 0 Å². The molecule has 0 saturated heterocycles. The molecule has 0 N–H and O–H groups in total. The van der Waals surface area contributed by atoms with E-state index in [-0.39, 0.29) is 25.1 Å². The first-order valence-corrected chi connectivity index (χ1v) is 9.05. The molecular weight excluding hydrogens is 384 g/mol. The molecule has 1 aliphatic rings. The number of rotatable bonds is 5. The molecule has 0 bridgehead atoms. The van der Waals surface area contributed by atoms with Gasteiger partial charge in [-0.2, -0.15) is 4.98 Å². The highest BCUT2D eigenvalue weighted by Crippen LogP contribution is 2.30. The molecule has 2 aromatic carbocycles. The largest absolute Gasteiger partial charge is 0.496 e. The lowest BCUT2D eigenvalue weighted by Gasteiger charge is -2.23. The maximum atomic E-state index is 12.4. The summed E-state index contributed by atoms with van der Waals surface area (Å²) in [4.78, 5) is 16.7. The van der Waals surface area contributed by atoms with Crippen LogP contribution in [0.1, 0.15) is 11.5 Å². The Hall–Kier alpha value is -3.06. The van der Waals surface area contributed by atoms with Gasteiger partial charge in [0, 0.05) is 5.02 Å². The van der Waals surface area contributed by atoms with Crippen molar-refractivity contribution >= 4 is 17.6 Å². The number of esters is 1. The molecule has 0 saturated carbocycles. The third-order valence-corrected chi connectivity index (χ3v) is 4.65. The van der Waals surface area contributed by atoms with Gasteiger partial charge in [0.25, 0.3) is 5.89 Å². The average molecular weight is 401 g/mol. The van der Waals surface area contributed by atoms with Gasteiger partial charge in [0.1, 0.15) is 18.1 Å². The Morgan fingerprint density at radius 2 is 2.14 bits per heavy atom. The highest BCUT2D eigenvalue weighted by molar-refractivity contribution is 6.30. The number of aromatic nitrogens is 2. The molecule has 0 fully saturated rings. The fourth-order valence-electron chi connectivity index (χ4n) is 3.02. The van der Waals surface area contributed by atoms with Crippen molar-refractivity contribution in [3.05, 3.63) is 58.9 Å². The molecule has 1 aromatic heterocycles. The lowest BCUT2D eigenvalue weighted by Crippen LogP contribution is -2.29. The van der Waals surface area contributed by atoms with Crippen LogP contribution >= 0.6 is 11.6 Å². The van der Waals surface area contributed by atoms with Gasteiger partial charge in [-0.25, -0.2) is 0 Å².